The monoisotopic (exact) mass is 397 g/mol. The van der Waals surface area contributed by atoms with Crippen LogP contribution in [0.3, 0.4) is 0 Å². The number of nitrogens with one attached hydrogen (secondary N) is 1. The molecular weight excluding hydrogens is 371 g/mol. The van der Waals surface area contributed by atoms with Crippen LogP contribution in [0.1, 0.15) is 56.9 Å². The fourth-order valence-electron chi connectivity index (χ4n) is 4.06. The molecule has 0 aromatic carbocycles. The van der Waals surface area contributed by atoms with E-state index in [0.717, 1.165) is 50.7 Å². The Balaban J connectivity index is 1.43. The zero-order chi connectivity index (χ0) is 20.1. The van der Waals surface area contributed by atoms with Crippen molar-refractivity contribution in [2.45, 2.75) is 57.5 Å². The molecule has 2 aliphatic rings. The lowest BCUT2D eigenvalue weighted by Gasteiger charge is -2.35. The summed E-state index contributed by atoms with van der Waals surface area (Å²) < 4.78 is 37.6. The topological polar surface area (TPSA) is 62.3 Å². The molecule has 3 rings (SSSR count). The van der Waals surface area contributed by atoms with Crippen LogP contribution in [-0.4, -0.2) is 34.8 Å². The highest BCUT2D eigenvalue weighted by molar-refractivity contribution is 5.89. The van der Waals surface area contributed by atoms with Gasteiger partial charge in [0.05, 0.1) is 5.56 Å². The number of hydrogen-bond acceptors (Lipinski definition) is 3. The number of likely N-dealkylation sites (tertiary alicyclic amines) is 1. The van der Waals surface area contributed by atoms with Crippen LogP contribution in [0.25, 0.3) is 0 Å². The summed E-state index contributed by atoms with van der Waals surface area (Å²) in [5, 5.41) is 2.56. The van der Waals surface area contributed by atoms with E-state index in [0.29, 0.717) is 19.3 Å². The first kappa shape index (κ1) is 20.6. The van der Waals surface area contributed by atoms with E-state index in [2.05, 4.69) is 10.3 Å². The summed E-state index contributed by atoms with van der Waals surface area (Å²) in [5.74, 6) is 0.452. The van der Waals surface area contributed by atoms with Gasteiger partial charge in [0.25, 0.3) is 0 Å². The molecule has 1 N–H and O–H groups in total. The van der Waals surface area contributed by atoms with Crippen LogP contribution in [0.5, 0.6) is 0 Å². The van der Waals surface area contributed by atoms with Gasteiger partial charge in [-0.15, -0.1) is 0 Å². The third-order valence-corrected chi connectivity index (χ3v) is 5.71. The van der Waals surface area contributed by atoms with Crippen LogP contribution in [-0.2, 0) is 15.8 Å². The number of carbonyl (C=O) groups is 2. The minimum absolute atomic E-state index is 0.114. The Morgan fingerprint density at radius 2 is 1.75 bits per heavy atom. The number of alkyl halides is 3. The summed E-state index contributed by atoms with van der Waals surface area (Å²) in [6, 6.07) is 2.06. The third-order valence-electron chi connectivity index (χ3n) is 5.71. The van der Waals surface area contributed by atoms with Crippen molar-refractivity contribution in [2.24, 2.45) is 11.8 Å². The average Bonchev–Trinajstić information content (AvgIpc) is 2.68. The first-order valence-electron chi connectivity index (χ1n) is 9.95. The van der Waals surface area contributed by atoms with E-state index in [-0.39, 0.29) is 35.9 Å². The lowest BCUT2D eigenvalue weighted by Crippen LogP contribution is -2.42. The third kappa shape index (κ3) is 5.45. The van der Waals surface area contributed by atoms with Crippen LogP contribution in [0.15, 0.2) is 18.3 Å². The molecule has 0 bridgehead atoms. The lowest BCUT2D eigenvalue weighted by molar-refractivity contribution is -0.138. The number of halogens is 3. The average molecular weight is 397 g/mol. The quantitative estimate of drug-likeness (QED) is 0.826. The largest absolute Gasteiger partial charge is 0.417 e. The minimum Gasteiger partial charge on any atom is -0.342 e. The Labute approximate surface area is 162 Å². The van der Waals surface area contributed by atoms with Crippen molar-refractivity contribution in [2.75, 3.05) is 18.4 Å². The number of hydrogen-bond donors (Lipinski definition) is 1. The van der Waals surface area contributed by atoms with Gasteiger partial charge in [0.2, 0.25) is 11.8 Å². The first-order valence-corrected chi connectivity index (χ1v) is 9.95. The molecule has 5 nitrogen and oxygen atoms in total. The van der Waals surface area contributed by atoms with Gasteiger partial charge < -0.3 is 10.2 Å². The molecule has 1 aromatic heterocycles. The lowest BCUT2D eigenvalue weighted by atomic mass is 9.87. The number of piperidine rings is 1. The second-order valence-electron chi connectivity index (χ2n) is 7.79. The number of nitrogens with zero attached hydrogens (tertiary/aromatic N) is 2. The second kappa shape index (κ2) is 8.92. The van der Waals surface area contributed by atoms with Gasteiger partial charge in [-0.05, 0) is 43.7 Å². The Morgan fingerprint density at radius 1 is 1.07 bits per heavy atom. The van der Waals surface area contributed by atoms with E-state index in [4.69, 9.17) is 0 Å². The standard InChI is InChI=1S/C20H26F3N3O2/c21-20(22,23)16-6-7-17(24-13-16)25-18(27)12-14-8-10-26(11-9-14)19(28)15-4-2-1-3-5-15/h6-7,13-15H,1-5,8-12H2,(H,24,25,27). The smallest absolute Gasteiger partial charge is 0.342 e. The molecule has 2 heterocycles. The van der Waals surface area contributed by atoms with E-state index >= 15 is 0 Å². The molecule has 1 saturated carbocycles. The van der Waals surface area contributed by atoms with Gasteiger partial charge in [0, 0.05) is 31.6 Å². The van der Waals surface area contributed by atoms with Gasteiger partial charge in [-0.1, -0.05) is 19.3 Å². The highest BCUT2D eigenvalue weighted by Gasteiger charge is 2.31. The summed E-state index contributed by atoms with van der Waals surface area (Å²) in [5.41, 5.74) is -0.847. The summed E-state index contributed by atoms with van der Waals surface area (Å²) in [6.45, 7) is 1.34. The molecule has 1 aliphatic carbocycles. The Hall–Kier alpha value is -2.12. The molecule has 1 saturated heterocycles. The Bertz CT molecular complexity index is 677. The minimum atomic E-state index is -4.45. The maximum absolute atomic E-state index is 12.6. The SMILES string of the molecule is O=C(CC1CCN(C(=O)C2CCCCC2)CC1)Nc1ccc(C(F)(F)F)cn1. The van der Waals surface area contributed by atoms with E-state index in [1.165, 1.54) is 6.42 Å². The number of anilines is 1. The van der Waals surface area contributed by atoms with Gasteiger partial charge >= 0.3 is 6.18 Å². The molecule has 1 aliphatic heterocycles. The number of pyridine rings is 1. The first-order chi connectivity index (χ1) is 13.3. The van der Waals surface area contributed by atoms with Crippen molar-refractivity contribution in [3.8, 4) is 0 Å². The Kier molecular flexibility index (Phi) is 6.57. The fraction of sp³-hybridized carbons (Fsp3) is 0.650. The van der Waals surface area contributed by atoms with Crippen molar-refractivity contribution in [1.82, 2.24) is 9.88 Å². The zero-order valence-corrected chi connectivity index (χ0v) is 15.8. The molecule has 1 aromatic rings. The van der Waals surface area contributed by atoms with Gasteiger partial charge in [-0.25, -0.2) is 4.98 Å². The molecule has 0 atom stereocenters. The van der Waals surface area contributed by atoms with Gasteiger partial charge in [0.1, 0.15) is 5.82 Å². The second-order valence-corrected chi connectivity index (χ2v) is 7.79. The van der Waals surface area contributed by atoms with Crippen LogP contribution >= 0.6 is 0 Å². The van der Waals surface area contributed by atoms with Crippen molar-refractivity contribution in [3.05, 3.63) is 23.9 Å². The highest BCUT2D eigenvalue weighted by atomic mass is 19.4. The van der Waals surface area contributed by atoms with Gasteiger partial charge in [-0.2, -0.15) is 13.2 Å². The molecule has 0 unspecified atom stereocenters. The highest BCUT2D eigenvalue weighted by Crippen LogP contribution is 2.30. The molecule has 2 fully saturated rings. The molecule has 0 spiro atoms. The number of amides is 2. The normalized spacial score (nSPS) is 19.5. The molecule has 0 radical (unpaired) electrons. The van der Waals surface area contributed by atoms with Crippen LogP contribution in [0.2, 0.25) is 0 Å². The molecule has 28 heavy (non-hydrogen) atoms. The molecular formula is C20H26F3N3O2. The number of carbonyl (C=O) groups excluding carboxylic acids is 2. The summed E-state index contributed by atoms with van der Waals surface area (Å²) >= 11 is 0. The fourth-order valence-corrected chi connectivity index (χ4v) is 4.06. The predicted octanol–water partition coefficient (Wildman–Crippen LogP) is 4.25. The van der Waals surface area contributed by atoms with Gasteiger partial charge in [-0.3, -0.25) is 9.59 Å². The van der Waals surface area contributed by atoms with E-state index in [9.17, 15) is 22.8 Å². The summed E-state index contributed by atoms with van der Waals surface area (Å²) in [4.78, 5) is 30.3. The summed E-state index contributed by atoms with van der Waals surface area (Å²) in [6.07, 6.45) is 3.55. The maximum Gasteiger partial charge on any atom is 0.417 e. The van der Waals surface area contributed by atoms with E-state index < -0.39 is 11.7 Å². The zero-order valence-electron chi connectivity index (χ0n) is 15.8. The summed E-state index contributed by atoms with van der Waals surface area (Å²) in [7, 11) is 0. The van der Waals surface area contributed by atoms with Crippen LogP contribution in [0, 0.1) is 11.8 Å². The van der Waals surface area contributed by atoms with Crippen molar-refractivity contribution in [1.29, 1.82) is 0 Å². The van der Waals surface area contributed by atoms with Crippen LogP contribution < -0.4 is 5.32 Å². The predicted molar refractivity (Wildman–Crippen MR) is 98.4 cm³/mol. The van der Waals surface area contributed by atoms with Crippen molar-refractivity contribution in [3.63, 3.8) is 0 Å². The molecule has 154 valence electrons. The van der Waals surface area contributed by atoms with E-state index in [1.807, 2.05) is 4.90 Å². The number of aromatic nitrogens is 1. The van der Waals surface area contributed by atoms with E-state index in [1.54, 1.807) is 0 Å². The van der Waals surface area contributed by atoms with Crippen molar-refractivity contribution < 1.29 is 22.8 Å². The Morgan fingerprint density at radius 3 is 2.32 bits per heavy atom. The van der Waals surface area contributed by atoms with Crippen LogP contribution in [0.4, 0.5) is 19.0 Å². The van der Waals surface area contributed by atoms with Crippen molar-refractivity contribution >= 4 is 17.6 Å². The van der Waals surface area contributed by atoms with Gasteiger partial charge in [0.15, 0.2) is 0 Å². The molecule has 2 amide bonds. The maximum atomic E-state index is 12.6. The number of rotatable bonds is 4. The molecule has 8 heteroatoms.